The third-order valence-corrected chi connectivity index (χ3v) is 6.51. The van der Waals surface area contributed by atoms with Gasteiger partial charge in [0.25, 0.3) is 6.43 Å². The fraction of sp³-hybridized carbons (Fsp3) is 0.400. The molecule has 1 unspecified atom stereocenters. The lowest BCUT2D eigenvalue weighted by molar-refractivity contribution is 0.159. The summed E-state index contributed by atoms with van der Waals surface area (Å²) in [4.78, 5) is 14.0. The summed E-state index contributed by atoms with van der Waals surface area (Å²) in [7, 11) is 2.23. The van der Waals surface area contributed by atoms with Gasteiger partial charge >= 0.3 is 0 Å². The zero-order valence-electron chi connectivity index (χ0n) is 21.4. The van der Waals surface area contributed by atoms with Crippen LogP contribution >= 0.6 is 32.3 Å². The molecule has 0 saturated carbocycles. The van der Waals surface area contributed by atoms with Crippen molar-refractivity contribution in [2.45, 2.75) is 61.3 Å². The maximum absolute atomic E-state index is 12.9. The molecular weight excluding hydrogens is 507 g/mol. The fourth-order valence-corrected chi connectivity index (χ4v) is 4.50. The van der Waals surface area contributed by atoms with Crippen LogP contribution in [0.4, 0.5) is 31.7 Å². The van der Waals surface area contributed by atoms with E-state index in [1.165, 1.54) is 9.55 Å². The SMILES string of the molecule is C=Nc1c(Nc2ccc(-c3nc(C)c(C)s3)cc2CC)cc(Cl)nc1N(P)CC(F)F.CC.CC. The van der Waals surface area contributed by atoms with E-state index in [0.717, 1.165) is 33.9 Å². The first-order valence-electron chi connectivity index (χ1n) is 11.6. The number of hydrogen-bond acceptors (Lipinski definition) is 6. The third kappa shape index (κ3) is 8.19. The number of nitrogens with zero attached hydrogens (tertiary/aromatic N) is 4. The summed E-state index contributed by atoms with van der Waals surface area (Å²) in [6, 6.07) is 7.68. The van der Waals surface area contributed by atoms with Gasteiger partial charge in [-0.2, -0.15) is 0 Å². The average molecular weight is 542 g/mol. The smallest absolute Gasteiger partial charge is 0.256 e. The molecule has 0 aliphatic heterocycles. The molecule has 0 fully saturated rings. The van der Waals surface area contributed by atoms with Gasteiger partial charge in [0.1, 0.15) is 15.8 Å². The first kappa shape index (κ1) is 30.9. The number of aliphatic imine (C=N–C) groups is 1. The van der Waals surface area contributed by atoms with Gasteiger partial charge in [0.05, 0.1) is 17.9 Å². The molecular formula is C25H35ClF2N5PS. The lowest BCUT2D eigenvalue weighted by atomic mass is 10.1. The second-order valence-corrected chi connectivity index (χ2v) is 9.09. The molecule has 35 heavy (non-hydrogen) atoms. The van der Waals surface area contributed by atoms with Crippen LogP contribution in [0.3, 0.4) is 0 Å². The molecule has 0 saturated heterocycles. The van der Waals surface area contributed by atoms with Gasteiger partial charge in [-0.3, -0.25) is 4.99 Å². The molecule has 10 heteroatoms. The van der Waals surface area contributed by atoms with Crippen LogP contribution in [-0.2, 0) is 6.42 Å². The highest BCUT2D eigenvalue weighted by Gasteiger charge is 2.19. The number of rotatable bonds is 8. The molecule has 0 radical (unpaired) electrons. The largest absolute Gasteiger partial charge is 0.353 e. The molecule has 0 aliphatic carbocycles. The van der Waals surface area contributed by atoms with Crippen molar-refractivity contribution in [2.75, 3.05) is 16.5 Å². The molecule has 1 atom stereocenters. The van der Waals surface area contributed by atoms with Crippen molar-refractivity contribution >= 4 is 61.9 Å². The Balaban J connectivity index is 0.00000145. The topological polar surface area (TPSA) is 53.4 Å². The Kier molecular flexibility index (Phi) is 13.3. The van der Waals surface area contributed by atoms with E-state index in [-0.39, 0.29) is 11.0 Å². The number of halogens is 3. The molecule has 2 heterocycles. The van der Waals surface area contributed by atoms with Crippen LogP contribution in [-0.4, -0.2) is 29.7 Å². The van der Waals surface area contributed by atoms with Gasteiger partial charge in [-0.25, -0.2) is 18.7 Å². The molecule has 0 bridgehead atoms. The average Bonchev–Trinajstić information content (AvgIpc) is 3.19. The van der Waals surface area contributed by atoms with E-state index < -0.39 is 13.0 Å². The van der Waals surface area contributed by atoms with Gasteiger partial charge in [0, 0.05) is 22.2 Å². The first-order chi connectivity index (χ1) is 16.7. The van der Waals surface area contributed by atoms with Crippen LogP contribution in [0.15, 0.2) is 29.3 Å². The van der Waals surface area contributed by atoms with Crippen LogP contribution in [0.5, 0.6) is 0 Å². The molecule has 1 N–H and O–H groups in total. The fourth-order valence-electron chi connectivity index (χ4n) is 3.06. The van der Waals surface area contributed by atoms with Gasteiger partial charge in [0.2, 0.25) is 0 Å². The molecule has 0 aliphatic rings. The Morgan fingerprint density at radius 1 is 1.14 bits per heavy atom. The molecule has 0 spiro atoms. The van der Waals surface area contributed by atoms with Gasteiger partial charge in [0.15, 0.2) is 5.82 Å². The number of aryl methyl sites for hydroxylation is 3. The quantitative estimate of drug-likeness (QED) is 0.175. The third-order valence-electron chi connectivity index (χ3n) is 4.74. The van der Waals surface area contributed by atoms with Crippen LogP contribution in [0.25, 0.3) is 10.6 Å². The molecule has 3 rings (SSSR count). The minimum Gasteiger partial charge on any atom is -0.353 e. The number of anilines is 3. The van der Waals surface area contributed by atoms with E-state index >= 15 is 0 Å². The maximum atomic E-state index is 12.9. The number of nitrogens with one attached hydrogen (secondary N) is 1. The summed E-state index contributed by atoms with van der Waals surface area (Å²) in [6.45, 7) is 17.2. The predicted octanol–water partition coefficient (Wildman–Crippen LogP) is 9.03. The zero-order chi connectivity index (χ0) is 26.7. The number of alkyl halides is 2. The number of benzene rings is 1. The number of aromatic nitrogens is 2. The number of pyridine rings is 1. The predicted molar refractivity (Wildman–Crippen MR) is 154 cm³/mol. The molecule has 2 aromatic heterocycles. The van der Waals surface area contributed by atoms with Gasteiger partial charge in [-0.05, 0) is 60.1 Å². The van der Waals surface area contributed by atoms with E-state index in [1.54, 1.807) is 17.4 Å². The van der Waals surface area contributed by atoms with E-state index in [9.17, 15) is 8.78 Å². The van der Waals surface area contributed by atoms with Crippen LogP contribution in [0.2, 0.25) is 5.15 Å². The summed E-state index contributed by atoms with van der Waals surface area (Å²) >= 11 is 7.84. The Labute approximate surface area is 219 Å². The van der Waals surface area contributed by atoms with Crippen molar-refractivity contribution in [3.8, 4) is 10.6 Å². The van der Waals surface area contributed by atoms with Crippen LogP contribution < -0.4 is 9.99 Å². The number of thiazole rings is 1. The molecule has 3 aromatic rings. The molecule has 192 valence electrons. The second kappa shape index (κ2) is 15.1. The van der Waals surface area contributed by atoms with Crippen LogP contribution in [0, 0.1) is 13.8 Å². The van der Waals surface area contributed by atoms with Crippen molar-refractivity contribution in [2.24, 2.45) is 4.99 Å². The first-order valence-corrected chi connectivity index (χ1v) is 13.3. The second-order valence-electron chi connectivity index (χ2n) is 6.88. The summed E-state index contributed by atoms with van der Waals surface area (Å²) < 4.78 is 27.0. The normalized spacial score (nSPS) is 10.2. The highest BCUT2D eigenvalue weighted by molar-refractivity contribution is 7.19. The highest BCUT2D eigenvalue weighted by Crippen LogP contribution is 2.40. The summed E-state index contributed by atoms with van der Waals surface area (Å²) in [5.74, 6) is 0.207. The monoisotopic (exact) mass is 541 g/mol. The van der Waals surface area contributed by atoms with E-state index in [1.807, 2.05) is 46.8 Å². The van der Waals surface area contributed by atoms with Gasteiger partial charge in [-0.15, -0.1) is 11.3 Å². The lowest BCUT2D eigenvalue weighted by Gasteiger charge is -2.22. The number of hydrogen-bond donors (Lipinski definition) is 1. The Bertz CT molecular complexity index is 1090. The minimum atomic E-state index is -2.54. The van der Waals surface area contributed by atoms with Crippen molar-refractivity contribution < 1.29 is 8.78 Å². The van der Waals surface area contributed by atoms with E-state index in [2.05, 4.69) is 56.3 Å². The van der Waals surface area contributed by atoms with E-state index in [0.29, 0.717) is 11.4 Å². The van der Waals surface area contributed by atoms with Crippen molar-refractivity contribution in [1.29, 1.82) is 0 Å². The van der Waals surface area contributed by atoms with Gasteiger partial charge in [-0.1, -0.05) is 46.2 Å². The van der Waals surface area contributed by atoms with Crippen molar-refractivity contribution in [3.63, 3.8) is 0 Å². The van der Waals surface area contributed by atoms with Gasteiger partial charge < -0.3 is 9.99 Å². The molecule has 5 nitrogen and oxygen atoms in total. The summed E-state index contributed by atoms with van der Waals surface area (Å²) in [5.41, 5.74) is 4.90. The highest BCUT2D eigenvalue weighted by atomic mass is 35.5. The summed E-state index contributed by atoms with van der Waals surface area (Å²) in [6.07, 6.45) is -1.76. The maximum Gasteiger partial charge on any atom is 0.256 e. The van der Waals surface area contributed by atoms with Crippen LogP contribution in [0.1, 0.15) is 50.8 Å². The molecule has 0 amide bonds. The Morgan fingerprint density at radius 2 is 1.80 bits per heavy atom. The summed E-state index contributed by atoms with van der Waals surface area (Å²) in [5, 5.41) is 4.47. The Morgan fingerprint density at radius 3 is 2.31 bits per heavy atom. The van der Waals surface area contributed by atoms with Crippen molar-refractivity contribution in [3.05, 3.63) is 45.6 Å². The van der Waals surface area contributed by atoms with Crippen molar-refractivity contribution in [1.82, 2.24) is 9.97 Å². The standard InChI is InChI=1S/C21H23ClF2N5PS.2C2H6/c1-5-13-8-14(21-26-11(2)12(3)31-21)6-7-15(13)27-16-9-17(22)28-20(19(16)25-4)29(30)10-18(23)24;2*1-2/h6-9,18H,4-5,10,30H2,1-3H3,(H,27,28);2*1-2H3. The molecule has 1 aromatic carbocycles. The Hall–Kier alpha value is -2.15. The van der Waals surface area contributed by atoms with E-state index in [4.69, 9.17) is 11.6 Å². The zero-order valence-corrected chi connectivity index (χ0v) is 24.1. The minimum absolute atomic E-state index is 0.162. The lowest BCUT2D eigenvalue weighted by Crippen LogP contribution is -2.19.